The molecule has 0 aliphatic heterocycles. The second-order valence-electron chi connectivity index (χ2n) is 7.16. The monoisotopic (exact) mass is 541 g/mol. The van der Waals surface area contributed by atoms with E-state index in [-0.39, 0.29) is 16.8 Å². The largest absolute Gasteiger partial charge is 0.451 e. The molecule has 6 nitrogen and oxygen atoms in total. The first-order valence-electron chi connectivity index (χ1n) is 9.78. The molecule has 0 bridgehead atoms. The third-order valence-corrected chi connectivity index (χ3v) is 5.81. The van der Waals surface area contributed by atoms with Gasteiger partial charge in [-0.3, -0.25) is 14.9 Å². The molecule has 1 aromatic heterocycles. The Morgan fingerprint density at radius 2 is 1.76 bits per heavy atom. The number of carbonyl (C=O) groups is 2. The topological polar surface area (TPSA) is 83.4 Å². The molecule has 0 unspecified atom stereocenters. The van der Waals surface area contributed by atoms with Crippen LogP contribution in [0.15, 0.2) is 75.6 Å². The highest BCUT2D eigenvalue weighted by Crippen LogP contribution is 2.24. The molecule has 33 heavy (non-hydrogen) atoms. The highest BCUT2D eigenvalue weighted by atomic mass is 79.9. The molecule has 3 N–H and O–H groups in total. The van der Waals surface area contributed by atoms with E-state index in [1.807, 2.05) is 31.2 Å². The summed E-state index contributed by atoms with van der Waals surface area (Å²) in [4.78, 5) is 25.1. The fraction of sp³-hybridized carbons (Fsp3) is 0.0417. The number of amides is 2. The van der Waals surface area contributed by atoms with Crippen LogP contribution >= 0.6 is 39.7 Å². The first-order chi connectivity index (χ1) is 15.8. The van der Waals surface area contributed by atoms with E-state index in [2.05, 4.69) is 31.9 Å². The van der Waals surface area contributed by atoms with Crippen LogP contribution in [0.1, 0.15) is 26.5 Å². The second-order valence-corrected chi connectivity index (χ2v) is 8.90. The van der Waals surface area contributed by atoms with E-state index < -0.39 is 5.91 Å². The predicted octanol–water partition coefficient (Wildman–Crippen LogP) is 6.54. The number of anilines is 2. The molecule has 4 aromatic rings. The Balaban J connectivity index is 1.40. The van der Waals surface area contributed by atoms with Gasteiger partial charge in [-0.2, -0.15) is 0 Å². The number of benzene rings is 3. The lowest BCUT2D eigenvalue weighted by atomic mass is 10.1. The van der Waals surface area contributed by atoms with Gasteiger partial charge in [0.25, 0.3) is 11.8 Å². The summed E-state index contributed by atoms with van der Waals surface area (Å²) in [5, 5.41) is 9.72. The number of fused-ring (bicyclic) bond motifs is 1. The van der Waals surface area contributed by atoms with Crippen LogP contribution in [-0.2, 0) is 0 Å². The number of rotatable bonds is 4. The van der Waals surface area contributed by atoms with Crippen molar-refractivity contribution in [2.45, 2.75) is 6.92 Å². The summed E-state index contributed by atoms with van der Waals surface area (Å²) in [6.07, 6.45) is 0. The zero-order valence-corrected chi connectivity index (χ0v) is 20.4. The van der Waals surface area contributed by atoms with Crippen molar-refractivity contribution in [3.05, 3.63) is 93.1 Å². The van der Waals surface area contributed by atoms with Gasteiger partial charge in [0.15, 0.2) is 10.9 Å². The lowest BCUT2D eigenvalue weighted by molar-refractivity contribution is 0.0975. The minimum absolute atomic E-state index is 0.120. The third-order valence-electron chi connectivity index (χ3n) is 4.78. The molecule has 0 saturated carbocycles. The average molecular weight is 543 g/mol. The maximum Gasteiger partial charge on any atom is 0.291 e. The number of carbonyl (C=O) groups excluding carboxylic acids is 2. The van der Waals surface area contributed by atoms with Gasteiger partial charge in [-0.25, -0.2) is 0 Å². The average Bonchev–Trinajstić information content (AvgIpc) is 3.21. The zero-order chi connectivity index (χ0) is 23.5. The molecule has 2 amide bonds. The number of nitrogens with one attached hydrogen (secondary N) is 3. The Kier molecular flexibility index (Phi) is 6.78. The van der Waals surface area contributed by atoms with E-state index in [1.165, 1.54) is 0 Å². The van der Waals surface area contributed by atoms with E-state index in [0.29, 0.717) is 27.5 Å². The van der Waals surface area contributed by atoms with Gasteiger partial charge in [0.1, 0.15) is 5.58 Å². The fourth-order valence-electron chi connectivity index (χ4n) is 3.16. The Bertz CT molecular complexity index is 1370. The molecule has 166 valence electrons. The Morgan fingerprint density at radius 1 is 0.970 bits per heavy atom. The maximum absolute atomic E-state index is 12.6. The van der Waals surface area contributed by atoms with E-state index in [9.17, 15) is 9.59 Å². The molecule has 4 rings (SSSR count). The van der Waals surface area contributed by atoms with Gasteiger partial charge < -0.3 is 15.1 Å². The highest BCUT2D eigenvalue weighted by Gasteiger charge is 2.15. The number of furan rings is 1. The minimum Gasteiger partial charge on any atom is -0.451 e. The van der Waals surface area contributed by atoms with Crippen molar-refractivity contribution in [1.29, 1.82) is 0 Å². The Labute approximate surface area is 208 Å². The van der Waals surface area contributed by atoms with Crippen molar-refractivity contribution >= 4 is 79.0 Å². The van der Waals surface area contributed by atoms with Crippen LogP contribution in [0.3, 0.4) is 0 Å². The zero-order valence-electron chi connectivity index (χ0n) is 17.2. The molecule has 0 fully saturated rings. The highest BCUT2D eigenvalue weighted by molar-refractivity contribution is 9.10. The van der Waals surface area contributed by atoms with Crippen molar-refractivity contribution in [3.8, 4) is 0 Å². The van der Waals surface area contributed by atoms with Crippen molar-refractivity contribution < 1.29 is 14.0 Å². The van der Waals surface area contributed by atoms with Crippen LogP contribution in [-0.4, -0.2) is 16.9 Å². The van der Waals surface area contributed by atoms with Gasteiger partial charge in [0.05, 0.1) is 10.6 Å². The lowest BCUT2D eigenvalue weighted by Gasteiger charge is -2.13. The minimum atomic E-state index is -0.426. The van der Waals surface area contributed by atoms with E-state index in [4.69, 9.17) is 28.2 Å². The molecule has 0 spiro atoms. The molecule has 0 aliphatic rings. The Morgan fingerprint density at radius 3 is 2.52 bits per heavy atom. The predicted molar refractivity (Wildman–Crippen MR) is 138 cm³/mol. The van der Waals surface area contributed by atoms with Gasteiger partial charge in [-0.05, 0) is 73.2 Å². The number of thiocarbonyl (C=S) groups is 1. The summed E-state index contributed by atoms with van der Waals surface area (Å²) in [6.45, 7) is 1.85. The molecule has 9 heteroatoms. The van der Waals surface area contributed by atoms with Gasteiger partial charge in [0.2, 0.25) is 0 Å². The maximum atomic E-state index is 12.6. The van der Waals surface area contributed by atoms with Crippen LogP contribution in [0.5, 0.6) is 0 Å². The first-order valence-corrected chi connectivity index (χ1v) is 11.4. The Hall–Kier alpha value is -3.20. The third kappa shape index (κ3) is 5.42. The van der Waals surface area contributed by atoms with Crippen LogP contribution in [0.2, 0.25) is 5.02 Å². The van der Waals surface area contributed by atoms with Crippen molar-refractivity contribution in [2.24, 2.45) is 0 Å². The summed E-state index contributed by atoms with van der Waals surface area (Å²) in [6, 6.07) is 19.4. The van der Waals surface area contributed by atoms with E-state index >= 15 is 0 Å². The molecule has 0 radical (unpaired) electrons. The van der Waals surface area contributed by atoms with Crippen molar-refractivity contribution in [1.82, 2.24) is 5.32 Å². The molecular weight excluding hydrogens is 526 g/mol. The van der Waals surface area contributed by atoms with Gasteiger partial charge in [-0.1, -0.05) is 45.7 Å². The lowest BCUT2D eigenvalue weighted by Crippen LogP contribution is -2.34. The summed E-state index contributed by atoms with van der Waals surface area (Å²) in [7, 11) is 0. The molecule has 3 aromatic carbocycles. The SMILES string of the molecule is Cc1cc(NC(=S)NC(=O)c2cc(Br)ccc2Cl)ccc1NC(=O)c1cc2ccccc2o1. The van der Waals surface area contributed by atoms with E-state index in [1.54, 1.807) is 42.5 Å². The smallest absolute Gasteiger partial charge is 0.291 e. The van der Waals surface area contributed by atoms with Crippen LogP contribution in [0.25, 0.3) is 11.0 Å². The number of para-hydroxylation sites is 1. The van der Waals surface area contributed by atoms with Crippen molar-refractivity contribution in [3.63, 3.8) is 0 Å². The van der Waals surface area contributed by atoms with Gasteiger partial charge >= 0.3 is 0 Å². The summed E-state index contributed by atoms with van der Waals surface area (Å²) >= 11 is 14.7. The number of aryl methyl sites for hydroxylation is 1. The summed E-state index contributed by atoms with van der Waals surface area (Å²) in [5.41, 5.74) is 3.03. The number of halogens is 2. The fourth-order valence-corrected chi connectivity index (χ4v) is 3.94. The van der Waals surface area contributed by atoms with Crippen LogP contribution in [0, 0.1) is 6.92 Å². The molecule has 0 atom stereocenters. The number of hydrogen-bond donors (Lipinski definition) is 3. The van der Waals surface area contributed by atoms with Gasteiger partial charge in [0, 0.05) is 21.2 Å². The molecule has 0 aliphatic carbocycles. The second kappa shape index (κ2) is 9.74. The van der Waals surface area contributed by atoms with Crippen LogP contribution < -0.4 is 16.0 Å². The standard InChI is InChI=1S/C24H17BrClN3O3S/c1-13-10-16(27-24(33)29-22(30)17-12-15(25)6-8-18(17)26)7-9-19(13)28-23(31)21-11-14-4-2-3-5-20(14)32-21/h2-12H,1H3,(H,28,31)(H2,27,29,30,33). The van der Waals surface area contributed by atoms with Crippen molar-refractivity contribution in [2.75, 3.05) is 10.6 Å². The first kappa shape index (κ1) is 23.0. The molecule has 0 saturated heterocycles. The summed E-state index contributed by atoms with van der Waals surface area (Å²) < 4.78 is 6.34. The normalized spacial score (nSPS) is 10.6. The molecule has 1 heterocycles. The van der Waals surface area contributed by atoms with Crippen LogP contribution in [0.4, 0.5) is 11.4 Å². The quantitative estimate of drug-likeness (QED) is 0.255. The molecular formula is C24H17BrClN3O3S. The number of hydrogen-bond acceptors (Lipinski definition) is 4. The summed E-state index contributed by atoms with van der Waals surface area (Å²) in [5.74, 6) is -0.540. The van der Waals surface area contributed by atoms with Gasteiger partial charge in [-0.15, -0.1) is 0 Å². The van der Waals surface area contributed by atoms with E-state index in [0.717, 1.165) is 15.4 Å².